The summed E-state index contributed by atoms with van der Waals surface area (Å²) in [6.45, 7) is 10.7. The predicted molar refractivity (Wildman–Crippen MR) is 66.2 cm³/mol. The first kappa shape index (κ1) is 13.5. The summed E-state index contributed by atoms with van der Waals surface area (Å²) in [4.78, 5) is 2.36. The Hall–Kier alpha value is -0.540. The van der Waals surface area contributed by atoms with E-state index in [1.54, 1.807) is 7.11 Å². The Labute approximate surface area is 99.4 Å². The molecular weight excluding hydrogens is 202 g/mol. The minimum Gasteiger partial charge on any atom is -0.373 e. The highest BCUT2D eigenvalue weighted by molar-refractivity contribution is 5.21. The molecule has 1 heterocycles. The molecule has 0 aromatic heterocycles. The molecule has 0 N–H and O–H groups in total. The van der Waals surface area contributed by atoms with E-state index >= 15 is 0 Å². The molecule has 3 heteroatoms. The highest BCUT2D eigenvalue weighted by atomic mass is 16.7. The quantitative estimate of drug-likeness (QED) is 0.696. The molecule has 0 saturated heterocycles. The third kappa shape index (κ3) is 2.58. The maximum Gasteiger partial charge on any atom is 0.179 e. The zero-order chi connectivity index (χ0) is 12.2. The van der Waals surface area contributed by atoms with Crippen LogP contribution in [0, 0.1) is 0 Å². The van der Waals surface area contributed by atoms with E-state index in [2.05, 4.69) is 38.7 Å². The fourth-order valence-electron chi connectivity index (χ4n) is 2.44. The van der Waals surface area contributed by atoms with Crippen molar-refractivity contribution in [1.82, 2.24) is 4.90 Å². The first-order chi connectivity index (χ1) is 7.61. The molecule has 1 aliphatic rings. The summed E-state index contributed by atoms with van der Waals surface area (Å²) in [6, 6.07) is 0. The van der Waals surface area contributed by atoms with Crippen molar-refractivity contribution in [3.05, 3.63) is 11.8 Å². The Kier molecular flexibility index (Phi) is 4.81. The van der Waals surface area contributed by atoms with Gasteiger partial charge in [0.2, 0.25) is 0 Å². The first-order valence-corrected chi connectivity index (χ1v) is 6.29. The van der Waals surface area contributed by atoms with Crippen LogP contribution in [-0.2, 0) is 9.47 Å². The van der Waals surface area contributed by atoms with E-state index in [0.29, 0.717) is 0 Å². The summed E-state index contributed by atoms with van der Waals surface area (Å²) >= 11 is 0. The maximum atomic E-state index is 5.98. The van der Waals surface area contributed by atoms with Crippen molar-refractivity contribution in [2.24, 2.45) is 0 Å². The van der Waals surface area contributed by atoms with Gasteiger partial charge in [-0.3, -0.25) is 0 Å². The normalized spacial score (nSPS) is 29.3. The molecule has 94 valence electrons. The van der Waals surface area contributed by atoms with Gasteiger partial charge in [-0.2, -0.15) is 0 Å². The van der Waals surface area contributed by atoms with Gasteiger partial charge in [0.1, 0.15) is 5.60 Å². The molecule has 2 atom stereocenters. The average Bonchev–Trinajstić information content (AvgIpc) is 2.59. The smallest absolute Gasteiger partial charge is 0.179 e. The van der Waals surface area contributed by atoms with Gasteiger partial charge in [-0.1, -0.05) is 13.3 Å². The third-order valence-electron chi connectivity index (χ3n) is 3.28. The van der Waals surface area contributed by atoms with E-state index < -0.39 is 0 Å². The molecule has 0 saturated carbocycles. The topological polar surface area (TPSA) is 21.7 Å². The zero-order valence-electron chi connectivity index (χ0n) is 11.2. The van der Waals surface area contributed by atoms with E-state index in [9.17, 15) is 0 Å². The second-order valence-electron chi connectivity index (χ2n) is 4.43. The van der Waals surface area contributed by atoms with Gasteiger partial charge in [0.15, 0.2) is 6.29 Å². The van der Waals surface area contributed by atoms with Crippen LogP contribution in [-0.4, -0.2) is 37.0 Å². The molecule has 16 heavy (non-hydrogen) atoms. The molecule has 0 aromatic carbocycles. The van der Waals surface area contributed by atoms with Crippen LogP contribution in [0.25, 0.3) is 0 Å². The molecule has 0 fully saturated rings. The molecule has 3 nitrogen and oxygen atoms in total. The maximum absolute atomic E-state index is 5.98. The van der Waals surface area contributed by atoms with Crippen molar-refractivity contribution in [2.45, 2.75) is 52.4 Å². The zero-order valence-corrected chi connectivity index (χ0v) is 11.2. The number of hydrogen-bond acceptors (Lipinski definition) is 3. The van der Waals surface area contributed by atoms with Crippen LogP contribution >= 0.6 is 0 Å². The summed E-state index contributed by atoms with van der Waals surface area (Å²) in [5, 5.41) is 0. The Morgan fingerprint density at radius 1 is 1.38 bits per heavy atom. The summed E-state index contributed by atoms with van der Waals surface area (Å²) < 4.78 is 11.3. The lowest BCUT2D eigenvalue weighted by atomic mass is 9.96. The highest BCUT2D eigenvalue weighted by Gasteiger charge is 2.39. The Balaban J connectivity index is 2.89. The minimum absolute atomic E-state index is 0.179. The van der Waals surface area contributed by atoms with Crippen LogP contribution in [0.5, 0.6) is 0 Å². The second-order valence-corrected chi connectivity index (χ2v) is 4.43. The third-order valence-corrected chi connectivity index (χ3v) is 3.28. The Bertz CT molecular complexity index is 248. The van der Waals surface area contributed by atoms with Crippen LogP contribution in [0.3, 0.4) is 0 Å². The summed E-state index contributed by atoms with van der Waals surface area (Å²) in [7, 11) is 1.69. The molecule has 0 bridgehead atoms. The van der Waals surface area contributed by atoms with Gasteiger partial charge in [0.25, 0.3) is 0 Å². The van der Waals surface area contributed by atoms with E-state index in [4.69, 9.17) is 9.47 Å². The van der Waals surface area contributed by atoms with Gasteiger partial charge >= 0.3 is 0 Å². The number of ether oxygens (including phenoxy) is 2. The van der Waals surface area contributed by atoms with Gasteiger partial charge in [-0.15, -0.1) is 0 Å². The van der Waals surface area contributed by atoms with Crippen molar-refractivity contribution in [2.75, 3.05) is 20.2 Å². The monoisotopic (exact) mass is 227 g/mol. The average molecular weight is 227 g/mol. The van der Waals surface area contributed by atoms with Gasteiger partial charge in [-0.25, -0.2) is 0 Å². The van der Waals surface area contributed by atoms with Crippen molar-refractivity contribution in [3.8, 4) is 0 Å². The van der Waals surface area contributed by atoms with Crippen LogP contribution in [0.2, 0.25) is 0 Å². The largest absolute Gasteiger partial charge is 0.373 e. The van der Waals surface area contributed by atoms with E-state index in [-0.39, 0.29) is 11.9 Å². The number of likely N-dealkylation sites (N-methyl/N-ethyl adjacent to an activating group) is 1. The molecule has 2 unspecified atom stereocenters. The van der Waals surface area contributed by atoms with E-state index in [1.807, 2.05) is 0 Å². The van der Waals surface area contributed by atoms with Gasteiger partial charge < -0.3 is 14.4 Å². The second kappa shape index (κ2) is 5.69. The lowest BCUT2D eigenvalue weighted by Gasteiger charge is -2.34. The van der Waals surface area contributed by atoms with Crippen molar-refractivity contribution < 1.29 is 9.47 Å². The molecule has 0 spiro atoms. The van der Waals surface area contributed by atoms with E-state index in [0.717, 1.165) is 25.9 Å². The fourth-order valence-corrected chi connectivity index (χ4v) is 2.44. The van der Waals surface area contributed by atoms with Gasteiger partial charge in [-0.05, 0) is 33.3 Å². The van der Waals surface area contributed by atoms with Crippen molar-refractivity contribution in [1.29, 1.82) is 0 Å². The molecule has 0 radical (unpaired) electrons. The lowest BCUT2D eigenvalue weighted by Crippen LogP contribution is -2.38. The van der Waals surface area contributed by atoms with Crippen LogP contribution in [0.15, 0.2) is 11.8 Å². The van der Waals surface area contributed by atoms with E-state index in [1.165, 1.54) is 5.70 Å². The molecule has 1 rings (SSSR count). The summed E-state index contributed by atoms with van der Waals surface area (Å²) in [5.74, 6) is 0. The minimum atomic E-state index is -0.188. The molecule has 0 aliphatic carbocycles. The van der Waals surface area contributed by atoms with Gasteiger partial charge in [0, 0.05) is 25.9 Å². The van der Waals surface area contributed by atoms with Gasteiger partial charge in [0.05, 0.1) is 0 Å². The SMILES string of the molecule is CCCC1(C)OC(OC)C=C1N(CC)CC. The number of methoxy groups -OCH3 is 1. The molecular formula is C13H25NO2. The van der Waals surface area contributed by atoms with Crippen LogP contribution in [0.1, 0.15) is 40.5 Å². The lowest BCUT2D eigenvalue weighted by molar-refractivity contribution is -0.143. The standard InChI is InChI=1S/C13H25NO2/c1-6-9-13(4)11(14(7-2)8-3)10-12(15-5)16-13/h10,12H,6-9H2,1-5H3. The Morgan fingerprint density at radius 2 is 2.00 bits per heavy atom. The fraction of sp³-hybridized carbons (Fsp3) is 0.846. The van der Waals surface area contributed by atoms with Crippen molar-refractivity contribution in [3.63, 3.8) is 0 Å². The summed E-state index contributed by atoms with van der Waals surface area (Å²) in [5.41, 5.74) is 1.10. The number of hydrogen-bond donors (Lipinski definition) is 0. The van der Waals surface area contributed by atoms with Crippen molar-refractivity contribution >= 4 is 0 Å². The first-order valence-electron chi connectivity index (χ1n) is 6.29. The Morgan fingerprint density at radius 3 is 2.44 bits per heavy atom. The predicted octanol–water partition coefficient (Wildman–Crippen LogP) is 2.77. The number of rotatable bonds is 6. The molecule has 0 amide bonds. The molecule has 0 aromatic rings. The van der Waals surface area contributed by atoms with Crippen LogP contribution in [0.4, 0.5) is 0 Å². The highest BCUT2D eigenvalue weighted by Crippen LogP contribution is 2.36. The molecule has 1 aliphatic heterocycles. The summed E-state index contributed by atoms with van der Waals surface area (Å²) in [6.07, 6.45) is 4.08. The number of nitrogens with zero attached hydrogens (tertiary/aromatic N) is 1. The van der Waals surface area contributed by atoms with Crippen LogP contribution < -0.4 is 0 Å².